The lowest BCUT2D eigenvalue weighted by atomic mass is 9.92. The molecule has 3 N–H and O–H groups in total. The number of benzene rings is 1. The molecular weight excluding hydrogens is 278 g/mol. The Labute approximate surface area is 131 Å². The Bertz CT molecular complexity index is 527. The summed E-state index contributed by atoms with van der Waals surface area (Å²) in [5.74, 6) is 0.0322. The molecule has 1 fully saturated rings. The Morgan fingerprint density at radius 3 is 2.36 bits per heavy atom. The lowest BCUT2D eigenvalue weighted by Gasteiger charge is -2.31. The average Bonchev–Trinajstić information content (AvgIpc) is 2.99. The predicted molar refractivity (Wildman–Crippen MR) is 87.9 cm³/mol. The molecule has 0 radical (unpaired) electrons. The van der Waals surface area contributed by atoms with Crippen molar-refractivity contribution in [1.29, 1.82) is 0 Å². The van der Waals surface area contributed by atoms with Crippen molar-refractivity contribution >= 4 is 17.5 Å². The minimum absolute atomic E-state index is 0.117. The van der Waals surface area contributed by atoms with Gasteiger partial charge in [0.25, 0.3) is 5.91 Å². The zero-order valence-electron chi connectivity index (χ0n) is 13.4. The van der Waals surface area contributed by atoms with Gasteiger partial charge in [0.05, 0.1) is 5.54 Å². The van der Waals surface area contributed by atoms with Gasteiger partial charge < -0.3 is 16.0 Å². The van der Waals surface area contributed by atoms with E-state index in [-0.39, 0.29) is 17.4 Å². The molecule has 1 saturated heterocycles. The van der Waals surface area contributed by atoms with Crippen molar-refractivity contribution in [2.24, 2.45) is 5.73 Å². The summed E-state index contributed by atoms with van der Waals surface area (Å²) in [5, 5.41) is 3.05. The summed E-state index contributed by atoms with van der Waals surface area (Å²) in [6.45, 7) is 5.23. The van der Waals surface area contributed by atoms with Gasteiger partial charge in [-0.2, -0.15) is 0 Å². The van der Waals surface area contributed by atoms with Crippen LogP contribution in [-0.2, 0) is 4.79 Å². The molecule has 0 saturated carbocycles. The quantitative estimate of drug-likeness (QED) is 0.844. The number of nitrogens with one attached hydrogen (secondary N) is 1. The Kier molecular flexibility index (Phi) is 5.19. The van der Waals surface area contributed by atoms with E-state index in [2.05, 4.69) is 5.32 Å². The molecule has 1 aromatic rings. The summed E-state index contributed by atoms with van der Waals surface area (Å²) in [7, 11) is 0. The first kappa shape index (κ1) is 16.5. The van der Waals surface area contributed by atoms with E-state index in [1.807, 2.05) is 26.0 Å². The van der Waals surface area contributed by atoms with Crippen molar-refractivity contribution in [3.05, 3.63) is 29.8 Å². The number of nitrogens with zero attached hydrogens (tertiary/aromatic N) is 1. The van der Waals surface area contributed by atoms with Crippen molar-refractivity contribution in [1.82, 2.24) is 5.32 Å². The molecule has 0 bridgehead atoms. The second-order valence-electron chi connectivity index (χ2n) is 5.84. The van der Waals surface area contributed by atoms with Crippen molar-refractivity contribution in [2.45, 2.75) is 45.1 Å². The normalized spacial score (nSPS) is 15.2. The lowest BCUT2D eigenvalue weighted by molar-refractivity contribution is -0.117. The molecule has 0 spiro atoms. The standard InChI is InChI=1S/C17H25N3O2/c1-3-17(4-2,12-18)19-16(22)13-7-9-14(10-8-13)20-11-5-6-15(20)21/h7-10H,3-6,11-12,18H2,1-2H3,(H,19,22). The van der Waals surface area contributed by atoms with E-state index in [4.69, 9.17) is 5.73 Å². The maximum Gasteiger partial charge on any atom is 0.251 e. The molecule has 0 unspecified atom stereocenters. The van der Waals surface area contributed by atoms with Gasteiger partial charge in [0, 0.05) is 30.8 Å². The van der Waals surface area contributed by atoms with Crippen molar-refractivity contribution in [3.8, 4) is 0 Å². The highest BCUT2D eigenvalue weighted by atomic mass is 16.2. The number of hydrogen-bond donors (Lipinski definition) is 2. The van der Waals surface area contributed by atoms with Crippen LogP contribution >= 0.6 is 0 Å². The van der Waals surface area contributed by atoms with Crippen molar-refractivity contribution < 1.29 is 9.59 Å². The molecule has 0 aliphatic carbocycles. The molecule has 5 nitrogen and oxygen atoms in total. The van der Waals surface area contributed by atoms with Gasteiger partial charge in [0.15, 0.2) is 0 Å². The number of amides is 2. The molecule has 5 heteroatoms. The van der Waals surface area contributed by atoms with Crippen LogP contribution in [0.25, 0.3) is 0 Å². The monoisotopic (exact) mass is 303 g/mol. The number of nitrogens with two attached hydrogens (primary N) is 1. The fourth-order valence-electron chi connectivity index (χ4n) is 2.79. The Morgan fingerprint density at radius 1 is 1.27 bits per heavy atom. The molecule has 0 atom stereocenters. The lowest BCUT2D eigenvalue weighted by Crippen LogP contribution is -2.52. The third-order valence-corrected chi connectivity index (χ3v) is 4.64. The van der Waals surface area contributed by atoms with E-state index in [1.54, 1.807) is 17.0 Å². The second kappa shape index (κ2) is 6.92. The molecule has 2 amide bonds. The molecule has 1 aromatic carbocycles. The first-order valence-corrected chi connectivity index (χ1v) is 7.98. The van der Waals surface area contributed by atoms with Gasteiger partial charge >= 0.3 is 0 Å². The Balaban J connectivity index is 2.09. The zero-order valence-corrected chi connectivity index (χ0v) is 13.4. The summed E-state index contributed by atoms with van der Waals surface area (Å²) >= 11 is 0. The van der Waals surface area contributed by atoms with E-state index in [0.29, 0.717) is 18.5 Å². The van der Waals surface area contributed by atoms with Crippen LogP contribution in [-0.4, -0.2) is 30.4 Å². The van der Waals surface area contributed by atoms with Crippen LogP contribution in [0.1, 0.15) is 49.9 Å². The molecule has 0 aromatic heterocycles. The maximum absolute atomic E-state index is 12.4. The minimum atomic E-state index is -0.347. The van der Waals surface area contributed by atoms with Crippen molar-refractivity contribution in [3.63, 3.8) is 0 Å². The van der Waals surface area contributed by atoms with Crippen LogP contribution in [0, 0.1) is 0 Å². The Morgan fingerprint density at radius 2 is 1.91 bits per heavy atom. The van der Waals surface area contributed by atoms with Gasteiger partial charge in [0.1, 0.15) is 0 Å². The number of carbonyl (C=O) groups excluding carboxylic acids is 2. The number of anilines is 1. The van der Waals surface area contributed by atoms with Gasteiger partial charge in [-0.15, -0.1) is 0 Å². The average molecular weight is 303 g/mol. The number of carbonyl (C=O) groups is 2. The number of rotatable bonds is 6. The largest absolute Gasteiger partial charge is 0.345 e. The van der Waals surface area contributed by atoms with E-state index < -0.39 is 0 Å². The SMILES string of the molecule is CCC(CC)(CN)NC(=O)c1ccc(N2CCCC2=O)cc1. The van der Waals surface area contributed by atoms with Gasteiger partial charge in [-0.05, 0) is 43.5 Å². The summed E-state index contributed by atoms with van der Waals surface area (Å²) < 4.78 is 0. The van der Waals surface area contributed by atoms with E-state index in [1.165, 1.54) is 0 Å². The highest BCUT2D eigenvalue weighted by molar-refractivity contribution is 5.97. The minimum Gasteiger partial charge on any atom is -0.345 e. The zero-order chi connectivity index (χ0) is 16.2. The van der Waals surface area contributed by atoms with Crippen molar-refractivity contribution in [2.75, 3.05) is 18.0 Å². The summed E-state index contributed by atoms with van der Waals surface area (Å²) in [4.78, 5) is 25.9. The summed E-state index contributed by atoms with van der Waals surface area (Å²) in [5.41, 5.74) is 6.92. The third kappa shape index (κ3) is 3.30. The molecule has 120 valence electrons. The topological polar surface area (TPSA) is 75.4 Å². The van der Waals surface area contributed by atoms with Crippen LogP contribution < -0.4 is 16.0 Å². The van der Waals surface area contributed by atoms with Gasteiger partial charge in [-0.3, -0.25) is 9.59 Å². The van der Waals surface area contributed by atoms with E-state index in [9.17, 15) is 9.59 Å². The van der Waals surface area contributed by atoms with Gasteiger partial charge in [-0.25, -0.2) is 0 Å². The van der Waals surface area contributed by atoms with Crippen LogP contribution in [0.3, 0.4) is 0 Å². The maximum atomic E-state index is 12.4. The number of hydrogen-bond acceptors (Lipinski definition) is 3. The molecule has 1 aliphatic rings. The third-order valence-electron chi connectivity index (χ3n) is 4.64. The van der Waals surface area contributed by atoms with Crippen LogP contribution in [0.4, 0.5) is 5.69 Å². The molecule has 2 rings (SSSR count). The van der Waals surface area contributed by atoms with Gasteiger partial charge in [0.2, 0.25) is 5.91 Å². The van der Waals surface area contributed by atoms with Gasteiger partial charge in [-0.1, -0.05) is 13.8 Å². The first-order valence-electron chi connectivity index (χ1n) is 7.98. The molecule has 1 aliphatic heterocycles. The van der Waals surface area contributed by atoms with Crippen LogP contribution in [0.15, 0.2) is 24.3 Å². The van der Waals surface area contributed by atoms with E-state index in [0.717, 1.165) is 31.5 Å². The smallest absolute Gasteiger partial charge is 0.251 e. The predicted octanol–water partition coefficient (Wildman–Crippen LogP) is 2.06. The first-order chi connectivity index (χ1) is 10.5. The van der Waals surface area contributed by atoms with E-state index >= 15 is 0 Å². The summed E-state index contributed by atoms with van der Waals surface area (Å²) in [6, 6.07) is 7.20. The van der Waals surface area contributed by atoms with Crippen LogP contribution in [0.2, 0.25) is 0 Å². The molecule has 22 heavy (non-hydrogen) atoms. The highest BCUT2D eigenvalue weighted by Gasteiger charge is 2.27. The Hall–Kier alpha value is -1.88. The second-order valence-corrected chi connectivity index (χ2v) is 5.84. The summed E-state index contributed by atoms with van der Waals surface area (Å²) in [6.07, 6.45) is 3.10. The van der Waals surface area contributed by atoms with Crippen LogP contribution in [0.5, 0.6) is 0 Å². The molecular formula is C17H25N3O2. The highest BCUT2D eigenvalue weighted by Crippen LogP contribution is 2.22. The fourth-order valence-corrected chi connectivity index (χ4v) is 2.79. The molecule has 1 heterocycles. The fraction of sp³-hybridized carbons (Fsp3) is 0.529.